The van der Waals surface area contributed by atoms with Gasteiger partial charge in [0, 0.05) is 6.20 Å². The Hall–Kier alpha value is -1.85. The first-order chi connectivity index (χ1) is 9.07. The van der Waals surface area contributed by atoms with Crippen LogP contribution in [0, 0.1) is 0 Å². The van der Waals surface area contributed by atoms with Gasteiger partial charge in [-0.2, -0.15) is 0 Å². The van der Waals surface area contributed by atoms with Gasteiger partial charge in [0.2, 0.25) is 0 Å². The Morgan fingerprint density at radius 1 is 1.11 bits per heavy atom. The molecule has 98 valence electrons. The van der Waals surface area contributed by atoms with E-state index in [1.165, 1.54) is 12.3 Å². The van der Waals surface area contributed by atoms with E-state index >= 15 is 0 Å². The number of aromatic nitrogens is 1. The molecule has 6 heteroatoms. The highest BCUT2D eigenvalue weighted by Gasteiger charge is 2.08. The number of hydrogen-bond acceptors (Lipinski definition) is 3. The van der Waals surface area contributed by atoms with E-state index in [1.54, 1.807) is 12.1 Å². The molecule has 0 bridgehead atoms. The molecule has 0 aliphatic rings. The molecule has 0 amide bonds. The Morgan fingerprint density at radius 2 is 1.84 bits per heavy atom. The smallest absolute Gasteiger partial charge is 0.255 e. The lowest BCUT2D eigenvalue weighted by atomic mass is 10.2. The molecule has 4 nitrogen and oxygen atoms in total. The van der Waals surface area contributed by atoms with E-state index in [0.29, 0.717) is 0 Å². The van der Waals surface area contributed by atoms with Crippen molar-refractivity contribution < 1.29 is 8.42 Å². The first kappa shape index (κ1) is 13.6. The van der Waals surface area contributed by atoms with Crippen molar-refractivity contribution in [3.63, 3.8) is 0 Å². The van der Waals surface area contributed by atoms with Gasteiger partial charge in [-0.15, -0.1) is 0 Å². The second kappa shape index (κ2) is 5.86. The normalized spacial score (nSPS) is 11.6. The van der Waals surface area contributed by atoms with Crippen molar-refractivity contribution in [1.29, 1.82) is 0 Å². The van der Waals surface area contributed by atoms with Crippen LogP contribution >= 0.6 is 11.6 Å². The Balaban J connectivity index is 2.16. The molecule has 0 unspecified atom stereocenters. The third kappa shape index (κ3) is 4.08. The molecule has 0 atom stereocenters. The number of rotatable bonds is 4. The van der Waals surface area contributed by atoms with Crippen LogP contribution in [0.3, 0.4) is 0 Å². The molecule has 1 aromatic heterocycles. The van der Waals surface area contributed by atoms with Gasteiger partial charge < -0.3 is 0 Å². The number of anilines is 1. The number of pyridine rings is 1. The summed E-state index contributed by atoms with van der Waals surface area (Å²) in [4.78, 5) is 3.80. The lowest BCUT2D eigenvalue weighted by Crippen LogP contribution is -2.09. The fourth-order valence-corrected chi connectivity index (χ4v) is 2.48. The number of hydrogen-bond donors (Lipinski definition) is 1. The monoisotopic (exact) mass is 294 g/mol. The zero-order chi connectivity index (χ0) is 13.7. The minimum Gasteiger partial charge on any atom is -0.277 e. The minimum absolute atomic E-state index is 0.110. The largest absolute Gasteiger partial charge is 0.277 e. The van der Waals surface area contributed by atoms with Crippen molar-refractivity contribution in [2.45, 2.75) is 0 Å². The molecule has 2 rings (SSSR count). The van der Waals surface area contributed by atoms with Gasteiger partial charge in [0.1, 0.15) is 0 Å². The van der Waals surface area contributed by atoms with E-state index in [-0.39, 0.29) is 10.8 Å². The number of nitrogens with one attached hydrogen (secondary N) is 1. The molecular weight excluding hydrogens is 284 g/mol. The molecule has 0 saturated carbocycles. The van der Waals surface area contributed by atoms with Gasteiger partial charge >= 0.3 is 0 Å². The van der Waals surface area contributed by atoms with E-state index in [2.05, 4.69) is 9.71 Å². The van der Waals surface area contributed by atoms with Crippen LogP contribution in [0.5, 0.6) is 0 Å². The molecule has 0 fully saturated rings. The molecule has 1 N–H and O–H groups in total. The van der Waals surface area contributed by atoms with Crippen molar-refractivity contribution in [2.75, 3.05) is 4.72 Å². The Bertz CT molecular complexity index is 685. The van der Waals surface area contributed by atoms with Crippen LogP contribution in [0.4, 0.5) is 5.69 Å². The minimum atomic E-state index is -3.61. The second-order valence-electron chi connectivity index (χ2n) is 3.70. The summed E-state index contributed by atoms with van der Waals surface area (Å²) in [6.07, 6.45) is 2.99. The van der Waals surface area contributed by atoms with Crippen molar-refractivity contribution in [1.82, 2.24) is 4.98 Å². The average Bonchev–Trinajstić information content (AvgIpc) is 2.40. The fourth-order valence-electron chi connectivity index (χ4n) is 1.38. The molecule has 0 radical (unpaired) electrons. The lowest BCUT2D eigenvalue weighted by molar-refractivity contribution is 0.609. The Kier molecular flexibility index (Phi) is 4.19. The zero-order valence-electron chi connectivity index (χ0n) is 9.82. The molecular formula is C13H11ClN2O2S. The van der Waals surface area contributed by atoms with Crippen molar-refractivity contribution >= 4 is 33.4 Å². The topological polar surface area (TPSA) is 59.1 Å². The number of halogens is 1. The van der Waals surface area contributed by atoms with Crippen molar-refractivity contribution in [2.24, 2.45) is 0 Å². The first-order valence-electron chi connectivity index (χ1n) is 5.43. The van der Waals surface area contributed by atoms with Crippen LogP contribution in [0.25, 0.3) is 6.08 Å². The summed E-state index contributed by atoms with van der Waals surface area (Å²) in [6, 6.07) is 12.3. The maximum atomic E-state index is 11.8. The van der Waals surface area contributed by atoms with Gasteiger partial charge in [0.25, 0.3) is 10.0 Å². The van der Waals surface area contributed by atoms with Gasteiger partial charge in [0.15, 0.2) is 5.15 Å². The van der Waals surface area contributed by atoms with Crippen LogP contribution in [-0.2, 0) is 10.0 Å². The van der Waals surface area contributed by atoms with E-state index in [9.17, 15) is 8.42 Å². The molecule has 1 aromatic carbocycles. The SMILES string of the molecule is O=S(=O)(/C=C/c1ccccc1)Nc1cccnc1Cl. The van der Waals surface area contributed by atoms with Crippen molar-refractivity contribution in [3.05, 3.63) is 64.8 Å². The Morgan fingerprint density at radius 3 is 2.53 bits per heavy atom. The van der Waals surface area contributed by atoms with Crippen LogP contribution in [0.15, 0.2) is 54.1 Å². The predicted octanol–water partition coefficient (Wildman–Crippen LogP) is 3.15. The number of nitrogens with zero attached hydrogens (tertiary/aromatic N) is 1. The molecule has 0 aliphatic carbocycles. The fraction of sp³-hybridized carbons (Fsp3) is 0. The highest BCUT2D eigenvalue weighted by molar-refractivity contribution is 7.95. The molecule has 0 spiro atoms. The summed E-state index contributed by atoms with van der Waals surface area (Å²) in [7, 11) is -3.61. The summed E-state index contributed by atoms with van der Waals surface area (Å²) in [5.74, 6) is 0. The lowest BCUT2D eigenvalue weighted by Gasteiger charge is -2.05. The van der Waals surface area contributed by atoms with E-state index in [1.807, 2.05) is 30.3 Å². The standard InChI is InChI=1S/C13H11ClN2O2S/c14-13-12(7-4-9-15-13)16-19(17,18)10-8-11-5-2-1-3-6-11/h1-10,16H/b10-8+. The maximum absolute atomic E-state index is 11.8. The summed E-state index contributed by atoms with van der Waals surface area (Å²) < 4.78 is 26.0. The van der Waals surface area contributed by atoms with Gasteiger partial charge in [-0.1, -0.05) is 41.9 Å². The highest BCUT2D eigenvalue weighted by Crippen LogP contribution is 2.19. The van der Waals surface area contributed by atoms with Gasteiger partial charge in [-0.05, 0) is 23.8 Å². The van der Waals surface area contributed by atoms with Crippen molar-refractivity contribution in [3.8, 4) is 0 Å². The number of benzene rings is 1. The maximum Gasteiger partial charge on any atom is 0.255 e. The van der Waals surface area contributed by atoms with Crippen LogP contribution in [0.1, 0.15) is 5.56 Å². The second-order valence-corrected chi connectivity index (χ2v) is 5.63. The number of sulfonamides is 1. The highest BCUT2D eigenvalue weighted by atomic mass is 35.5. The van der Waals surface area contributed by atoms with Crippen LogP contribution in [0.2, 0.25) is 5.15 Å². The quantitative estimate of drug-likeness (QED) is 0.881. The van der Waals surface area contributed by atoms with Crippen LogP contribution < -0.4 is 4.72 Å². The average molecular weight is 295 g/mol. The predicted molar refractivity (Wildman–Crippen MR) is 77.3 cm³/mol. The molecule has 0 saturated heterocycles. The van der Waals surface area contributed by atoms with Crippen LogP contribution in [-0.4, -0.2) is 13.4 Å². The van der Waals surface area contributed by atoms with Gasteiger partial charge in [-0.3, -0.25) is 4.72 Å². The molecule has 0 aliphatic heterocycles. The van der Waals surface area contributed by atoms with E-state index in [0.717, 1.165) is 11.0 Å². The first-order valence-corrected chi connectivity index (χ1v) is 7.36. The summed E-state index contributed by atoms with van der Waals surface area (Å²) in [5.41, 5.74) is 1.05. The summed E-state index contributed by atoms with van der Waals surface area (Å²) in [5, 5.41) is 1.20. The summed E-state index contributed by atoms with van der Waals surface area (Å²) in [6.45, 7) is 0. The van der Waals surface area contributed by atoms with Gasteiger partial charge in [-0.25, -0.2) is 13.4 Å². The third-order valence-electron chi connectivity index (χ3n) is 2.25. The summed E-state index contributed by atoms with van der Waals surface area (Å²) >= 11 is 5.79. The molecule has 19 heavy (non-hydrogen) atoms. The Labute approximate surface area is 116 Å². The third-order valence-corrected chi connectivity index (χ3v) is 3.55. The van der Waals surface area contributed by atoms with Gasteiger partial charge in [0.05, 0.1) is 11.1 Å². The van der Waals surface area contributed by atoms with E-state index < -0.39 is 10.0 Å². The zero-order valence-corrected chi connectivity index (χ0v) is 11.4. The molecule has 1 heterocycles. The molecule has 2 aromatic rings. The van der Waals surface area contributed by atoms with E-state index in [4.69, 9.17) is 11.6 Å².